The summed E-state index contributed by atoms with van der Waals surface area (Å²) in [5.74, 6) is -3.16. The van der Waals surface area contributed by atoms with Crippen molar-refractivity contribution in [3.8, 4) is 40.1 Å². The van der Waals surface area contributed by atoms with Crippen LogP contribution in [0, 0.1) is 0 Å². The summed E-state index contributed by atoms with van der Waals surface area (Å²) in [5, 5.41) is 112. The Morgan fingerprint density at radius 1 is 0.864 bits per heavy atom. The lowest BCUT2D eigenvalue weighted by Crippen LogP contribution is -2.61. The zero-order valence-corrected chi connectivity index (χ0v) is 37.4. The third-order valence-corrected chi connectivity index (χ3v) is 13.8. The molecule has 3 aliphatic heterocycles. The van der Waals surface area contributed by atoms with Crippen molar-refractivity contribution in [2.45, 2.75) is 98.5 Å². The van der Waals surface area contributed by atoms with E-state index >= 15 is 0 Å². The Hall–Kier alpha value is -4.62. The SMILES string of the molecule is CCN(CC)Cc1c(O)cc2oc(-c3ccc(O)c(O)c3)c(O[C@@H]3O[C@H](CO[C@@H]4O[C@@H](C)[C@H](O)[C@@H](O)[C@H]4O)[C@@H](O)[C@H](O)[C@H]3O)c(=O)c2c1O.NS(=O)(=O)c1cc2c(cc1Cl)NCNS2(=O)=O. The summed E-state index contributed by atoms with van der Waals surface area (Å²) < 4.78 is 76.2. The molecule has 364 valence electrons. The van der Waals surface area contributed by atoms with E-state index in [2.05, 4.69) is 10.0 Å². The molecule has 14 N–H and O–H groups in total. The molecule has 0 unspecified atom stereocenters. The molecule has 4 heterocycles. The molecule has 1 aromatic heterocycles. The molecule has 0 spiro atoms. The van der Waals surface area contributed by atoms with E-state index in [9.17, 15) is 72.7 Å². The standard InChI is InChI=1S/C32H41NO16.C7H8ClN3O4S2/c1-4-33(5-2)10-14-16(35)9-18-20(22(14)38)24(40)30(29(47-18)13-6-7-15(34)17(36)8-13)49-32-28(44)26(42)23(39)19(48-32)11-45-31-27(43)25(41)21(37)12(3)46-31;8-4-1-5-7(2-6(4)16(9,12)13)17(14,15)11-3-10-5/h6-9,12,19,21,23,25-28,31-32,34-39,41-44H,4-5,10-11H2,1-3H3;1-2,10-11H,3H2,(H2,9,12,13)/t12-,19+,21-,23+,25+,26-,27+,28+,31+,32-;/m0./s1. The quantitative estimate of drug-likeness (QED) is 0.0785. The summed E-state index contributed by atoms with van der Waals surface area (Å²) in [5.41, 5.74) is -1.06. The number of nitrogens with one attached hydrogen (secondary N) is 2. The van der Waals surface area contributed by atoms with E-state index in [4.69, 9.17) is 40.1 Å². The second kappa shape index (κ2) is 19.9. The molecule has 66 heavy (non-hydrogen) atoms. The Bertz CT molecular complexity index is 2720. The minimum atomic E-state index is -4.07. The summed E-state index contributed by atoms with van der Waals surface area (Å²) in [6.45, 7) is 5.76. The number of aliphatic hydroxyl groups excluding tert-OH is 6. The number of anilines is 1. The van der Waals surface area contributed by atoms with Crippen molar-refractivity contribution in [1.82, 2.24) is 9.62 Å². The van der Waals surface area contributed by atoms with Gasteiger partial charge in [-0.2, -0.15) is 4.72 Å². The zero-order chi connectivity index (χ0) is 48.7. The van der Waals surface area contributed by atoms with Gasteiger partial charge in [0.1, 0.15) is 75.0 Å². The second-order valence-electron chi connectivity index (χ2n) is 15.3. The third-order valence-electron chi connectivity index (χ3n) is 11.0. The molecule has 24 nitrogen and oxygen atoms in total. The fraction of sp³-hybridized carbons (Fsp3) is 0.462. The van der Waals surface area contributed by atoms with Crippen LogP contribution in [-0.2, 0) is 40.8 Å². The van der Waals surface area contributed by atoms with E-state index in [0.717, 1.165) is 24.3 Å². The smallest absolute Gasteiger partial charge is 0.244 e. The number of primary sulfonamides is 1. The molecule has 0 bridgehead atoms. The number of hydrogen-bond donors (Lipinski definition) is 13. The maximum Gasteiger partial charge on any atom is 0.244 e. The number of fused-ring (bicyclic) bond motifs is 2. The van der Waals surface area contributed by atoms with Crippen LogP contribution in [0.25, 0.3) is 22.3 Å². The number of ether oxygens (including phenoxy) is 4. The number of benzene rings is 3. The predicted molar refractivity (Wildman–Crippen MR) is 228 cm³/mol. The van der Waals surface area contributed by atoms with Crippen LogP contribution in [-0.4, -0.2) is 161 Å². The number of phenolic OH excluding ortho intramolecular Hbond substituents is 4. The number of halogens is 1. The number of rotatable bonds is 11. The number of nitrogens with two attached hydrogens (primary N) is 1. The van der Waals surface area contributed by atoms with Crippen molar-refractivity contribution >= 4 is 48.3 Å². The van der Waals surface area contributed by atoms with Gasteiger partial charge in [-0.05, 0) is 50.3 Å². The van der Waals surface area contributed by atoms with Crippen molar-refractivity contribution in [3.63, 3.8) is 0 Å². The zero-order valence-electron chi connectivity index (χ0n) is 35.0. The molecule has 7 rings (SSSR count). The van der Waals surface area contributed by atoms with Crippen LogP contribution < -0.4 is 25.3 Å². The van der Waals surface area contributed by atoms with Gasteiger partial charge >= 0.3 is 0 Å². The van der Waals surface area contributed by atoms with Crippen molar-refractivity contribution in [1.29, 1.82) is 0 Å². The topological polar surface area (TPSA) is 391 Å². The van der Waals surface area contributed by atoms with Gasteiger partial charge in [0.15, 0.2) is 23.5 Å². The third kappa shape index (κ3) is 10.3. The van der Waals surface area contributed by atoms with Gasteiger partial charge in [-0.1, -0.05) is 25.4 Å². The lowest BCUT2D eigenvalue weighted by molar-refractivity contribution is -0.318. The van der Waals surface area contributed by atoms with Gasteiger partial charge in [0.05, 0.1) is 35.7 Å². The molecule has 27 heteroatoms. The van der Waals surface area contributed by atoms with Crippen molar-refractivity contribution in [2.75, 3.05) is 31.7 Å². The molecule has 0 radical (unpaired) electrons. The number of nitrogens with zero attached hydrogens (tertiary/aromatic N) is 1. The number of sulfonamides is 2. The van der Waals surface area contributed by atoms with E-state index in [0.29, 0.717) is 13.1 Å². The number of aliphatic hydroxyl groups is 6. The molecule has 0 saturated carbocycles. The summed E-state index contributed by atoms with van der Waals surface area (Å²) in [7, 11) is -7.80. The molecule has 2 saturated heterocycles. The highest BCUT2D eigenvalue weighted by Crippen LogP contribution is 2.42. The molecular formula is C39H49ClN4O20S2. The molecule has 3 aliphatic rings. The average Bonchev–Trinajstić information content (AvgIpc) is 3.25. The highest BCUT2D eigenvalue weighted by atomic mass is 35.5. The molecule has 4 aromatic rings. The first-order chi connectivity index (χ1) is 30.9. The first kappa shape index (κ1) is 50.8. The first-order valence-electron chi connectivity index (χ1n) is 20.0. The Kier molecular flexibility index (Phi) is 15.3. The number of aromatic hydroxyl groups is 4. The Morgan fingerprint density at radius 2 is 1.52 bits per heavy atom. The van der Waals surface area contributed by atoms with Gasteiger partial charge in [-0.25, -0.2) is 22.0 Å². The number of hydrogen-bond acceptors (Lipinski definition) is 22. The lowest BCUT2D eigenvalue weighted by Gasteiger charge is -2.42. The molecule has 0 aliphatic carbocycles. The summed E-state index contributed by atoms with van der Waals surface area (Å²) in [6.07, 6.45) is -16.3. The van der Waals surface area contributed by atoms with Crippen LogP contribution in [0.2, 0.25) is 5.02 Å². The fourth-order valence-corrected chi connectivity index (χ4v) is 9.44. The van der Waals surface area contributed by atoms with Crippen LogP contribution in [0.15, 0.2) is 55.4 Å². The lowest BCUT2D eigenvalue weighted by atomic mass is 9.98. The van der Waals surface area contributed by atoms with Gasteiger partial charge in [0.2, 0.25) is 37.5 Å². The highest BCUT2D eigenvalue weighted by molar-refractivity contribution is 7.90. The van der Waals surface area contributed by atoms with Crippen LogP contribution in [0.4, 0.5) is 5.69 Å². The monoisotopic (exact) mass is 992 g/mol. The fourth-order valence-electron chi connectivity index (χ4n) is 7.16. The Labute approximate surface area is 380 Å². The van der Waals surface area contributed by atoms with Crippen molar-refractivity contribution in [3.05, 3.63) is 57.2 Å². The van der Waals surface area contributed by atoms with Gasteiger partial charge in [0, 0.05) is 18.2 Å². The van der Waals surface area contributed by atoms with Gasteiger partial charge < -0.3 is 79.7 Å². The first-order valence-corrected chi connectivity index (χ1v) is 23.4. The molecule has 2 fully saturated rings. The summed E-state index contributed by atoms with van der Waals surface area (Å²) in [4.78, 5) is 15.4. The molecule has 0 amide bonds. The Morgan fingerprint density at radius 3 is 2.15 bits per heavy atom. The second-order valence-corrected chi connectivity index (χ2v) is 19.0. The summed E-state index contributed by atoms with van der Waals surface area (Å²) in [6, 6.07) is 6.67. The van der Waals surface area contributed by atoms with Crippen molar-refractivity contribution in [2.24, 2.45) is 5.14 Å². The van der Waals surface area contributed by atoms with Crippen LogP contribution in [0.5, 0.6) is 28.7 Å². The maximum absolute atomic E-state index is 14.1. The van der Waals surface area contributed by atoms with E-state index in [1.54, 1.807) is 0 Å². The minimum Gasteiger partial charge on any atom is -0.507 e. The minimum absolute atomic E-state index is 0.0143. The van der Waals surface area contributed by atoms with Gasteiger partial charge in [0.25, 0.3) is 0 Å². The van der Waals surface area contributed by atoms with Gasteiger partial charge in [-0.15, -0.1) is 0 Å². The Balaban J connectivity index is 0.000000353. The van der Waals surface area contributed by atoms with Crippen LogP contribution in [0.1, 0.15) is 26.3 Å². The largest absolute Gasteiger partial charge is 0.507 e. The average molecular weight is 993 g/mol. The van der Waals surface area contributed by atoms with Gasteiger partial charge in [-0.3, -0.25) is 9.69 Å². The van der Waals surface area contributed by atoms with Crippen molar-refractivity contribution < 1.29 is 91.3 Å². The molecule has 3 aromatic carbocycles. The molecule has 10 atom stereocenters. The van der Waals surface area contributed by atoms with Crippen LogP contribution >= 0.6 is 11.6 Å². The normalized spacial score (nSPS) is 27.4. The predicted octanol–water partition coefficient (Wildman–Crippen LogP) is -1.20. The summed E-state index contributed by atoms with van der Waals surface area (Å²) >= 11 is 5.72. The molecular weight excluding hydrogens is 944 g/mol. The van der Waals surface area contributed by atoms with Crippen LogP contribution in [0.3, 0.4) is 0 Å². The van der Waals surface area contributed by atoms with E-state index in [-0.39, 0.29) is 51.3 Å². The van der Waals surface area contributed by atoms with E-state index in [1.807, 2.05) is 18.7 Å². The highest BCUT2D eigenvalue weighted by Gasteiger charge is 2.48. The maximum atomic E-state index is 14.1. The van der Waals surface area contributed by atoms with E-state index in [1.165, 1.54) is 19.1 Å². The number of phenols is 4. The van der Waals surface area contributed by atoms with E-state index < -0.39 is 133 Å².